The number of aliphatic hydroxyl groups is 1. The molecule has 2 aliphatic rings. The van der Waals surface area contributed by atoms with Crippen LogP contribution < -0.4 is 5.56 Å². The highest BCUT2D eigenvalue weighted by molar-refractivity contribution is 5.83. The van der Waals surface area contributed by atoms with Crippen LogP contribution >= 0.6 is 0 Å². The fourth-order valence-electron chi connectivity index (χ4n) is 5.06. The van der Waals surface area contributed by atoms with E-state index in [9.17, 15) is 14.3 Å². The summed E-state index contributed by atoms with van der Waals surface area (Å²) in [6.45, 7) is 3.71. The van der Waals surface area contributed by atoms with Crippen LogP contribution in [0.1, 0.15) is 31.5 Å². The van der Waals surface area contributed by atoms with Gasteiger partial charge >= 0.3 is 0 Å². The van der Waals surface area contributed by atoms with E-state index in [-0.39, 0.29) is 28.4 Å². The van der Waals surface area contributed by atoms with Crippen molar-refractivity contribution in [3.05, 3.63) is 46.5 Å². The fraction of sp³-hybridized carbons (Fsp3) is 0.478. The highest BCUT2D eigenvalue weighted by atomic mass is 19.1. The van der Waals surface area contributed by atoms with Crippen molar-refractivity contribution in [2.75, 3.05) is 32.8 Å². The van der Waals surface area contributed by atoms with Gasteiger partial charge in [0.25, 0.3) is 11.4 Å². The lowest BCUT2D eigenvalue weighted by atomic mass is 10.0. The van der Waals surface area contributed by atoms with Gasteiger partial charge in [0.2, 0.25) is 5.82 Å². The van der Waals surface area contributed by atoms with Crippen LogP contribution in [0, 0.1) is 5.82 Å². The monoisotopic (exact) mass is 468 g/mol. The molecule has 1 N–H and O–H groups in total. The lowest BCUT2D eigenvalue weighted by Crippen LogP contribution is -2.39. The molecule has 11 heteroatoms. The number of benzene rings is 1. The van der Waals surface area contributed by atoms with Crippen LogP contribution in [-0.4, -0.2) is 66.9 Å². The van der Waals surface area contributed by atoms with Gasteiger partial charge in [-0.25, -0.2) is 9.37 Å². The molecule has 0 amide bonds. The molecule has 2 fully saturated rings. The normalized spacial score (nSPS) is 18.9. The number of hydrogen-bond donors (Lipinski definition) is 1. The topological polar surface area (TPSA) is 111 Å². The summed E-state index contributed by atoms with van der Waals surface area (Å²) < 4.78 is 28.8. The lowest BCUT2D eigenvalue weighted by Gasteiger charge is -2.27. The van der Waals surface area contributed by atoms with E-state index in [1.807, 2.05) is 0 Å². The average Bonchev–Trinajstić information content (AvgIpc) is 3.60. The van der Waals surface area contributed by atoms with Crippen molar-refractivity contribution < 1.29 is 18.8 Å². The third-order valence-corrected chi connectivity index (χ3v) is 6.93. The predicted molar refractivity (Wildman–Crippen MR) is 120 cm³/mol. The summed E-state index contributed by atoms with van der Waals surface area (Å²) in [6.07, 6.45) is 4.37. The molecular formula is C23H25FN6O4. The molecule has 1 aliphatic carbocycles. The Kier molecular flexibility index (Phi) is 5.19. The number of para-hydroxylation sites is 1. The van der Waals surface area contributed by atoms with Gasteiger partial charge in [-0.2, -0.15) is 4.98 Å². The summed E-state index contributed by atoms with van der Waals surface area (Å²) in [4.78, 5) is 24.7. The molecule has 10 nitrogen and oxygen atoms in total. The van der Waals surface area contributed by atoms with Crippen molar-refractivity contribution in [3.63, 3.8) is 0 Å². The van der Waals surface area contributed by atoms with E-state index in [1.165, 1.54) is 17.0 Å². The average molecular weight is 468 g/mol. The van der Waals surface area contributed by atoms with Crippen LogP contribution in [0.25, 0.3) is 28.1 Å². The minimum Gasteiger partial charge on any atom is -0.382 e. The van der Waals surface area contributed by atoms with Gasteiger partial charge in [0.15, 0.2) is 5.69 Å². The highest BCUT2D eigenvalue weighted by Gasteiger charge is 2.38. The first-order valence-corrected chi connectivity index (χ1v) is 11.6. The number of rotatable bonds is 5. The maximum atomic E-state index is 15.0. The number of nitrogens with zero attached hydrogens (tertiary/aromatic N) is 6. The lowest BCUT2D eigenvalue weighted by molar-refractivity contribution is 0.0328. The molecule has 0 unspecified atom stereocenters. The van der Waals surface area contributed by atoms with Crippen LogP contribution in [0.3, 0.4) is 0 Å². The molecule has 4 heterocycles. The zero-order valence-electron chi connectivity index (χ0n) is 18.6. The Balaban J connectivity index is 1.48. The van der Waals surface area contributed by atoms with Crippen molar-refractivity contribution in [1.29, 1.82) is 0 Å². The van der Waals surface area contributed by atoms with Crippen molar-refractivity contribution in [1.82, 2.24) is 29.0 Å². The molecule has 4 aromatic rings. The molecule has 6 rings (SSSR count). The molecule has 178 valence electrons. The van der Waals surface area contributed by atoms with Crippen LogP contribution in [0.5, 0.6) is 0 Å². The van der Waals surface area contributed by atoms with E-state index in [0.717, 1.165) is 25.9 Å². The van der Waals surface area contributed by atoms with Gasteiger partial charge in [-0.3, -0.25) is 14.1 Å². The number of aromatic nitrogens is 5. The molecule has 0 radical (unpaired) electrons. The second-order valence-electron chi connectivity index (χ2n) is 8.99. The first-order chi connectivity index (χ1) is 16.5. The molecule has 1 saturated heterocycles. The van der Waals surface area contributed by atoms with Gasteiger partial charge in [-0.15, -0.1) is 0 Å². The van der Waals surface area contributed by atoms with E-state index < -0.39 is 17.0 Å². The highest BCUT2D eigenvalue weighted by Crippen LogP contribution is 2.37. The second kappa shape index (κ2) is 8.26. The van der Waals surface area contributed by atoms with Crippen molar-refractivity contribution in [3.8, 4) is 11.6 Å². The molecule has 1 saturated carbocycles. The first-order valence-electron chi connectivity index (χ1n) is 11.6. The van der Waals surface area contributed by atoms with Gasteiger partial charge in [-0.05, 0) is 37.8 Å². The zero-order chi connectivity index (χ0) is 23.3. The van der Waals surface area contributed by atoms with E-state index in [4.69, 9.17) is 9.26 Å². The zero-order valence-corrected chi connectivity index (χ0v) is 18.6. The van der Waals surface area contributed by atoms with Crippen molar-refractivity contribution >= 4 is 16.6 Å². The van der Waals surface area contributed by atoms with E-state index >= 15 is 0 Å². The van der Waals surface area contributed by atoms with Gasteiger partial charge in [0, 0.05) is 26.2 Å². The van der Waals surface area contributed by atoms with E-state index in [2.05, 4.69) is 20.0 Å². The Morgan fingerprint density at radius 3 is 2.71 bits per heavy atom. The van der Waals surface area contributed by atoms with Gasteiger partial charge in [-0.1, -0.05) is 11.2 Å². The number of hydrogen-bond acceptors (Lipinski definition) is 8. The van der Waals surface area contributed by atoms with Crippen molar-refractivity contribution in [2.45, 2.75) is 37.8 Å². The number of halogens is 1. The standard InChI is InChI=1S/C23H25FN6O4/c24-15-4-3-5-16-18(15)29(9-8-28-10-12-33-13-11-28)21(31)19-17(25-14-30(16)19)20-26-22(27-34-20)23(32)6-1-2-7-23/h3-5,14,32H,1-2,6-13H2. The smallest absolute Gasteiger partial charge is 0.279 e. The minimum atomic E-state index is -1.12. The van der Waals surface area contributed by atoms with E-state index in [1.54, 1.807) is 16.5 Å². The maximum absolute atomic E-state index is 15.0. The van der Waals surface area contributed by atoms with Crippen LogP contribution in [-0.2, 0) is 16.9 Å². The maximum Gasteiger partial charge on any atom is 0.279 e. The summed E-state index contributed by atoms with van der Waals surface area (Å²) >= 11 is 0. The summed E-state index contributed by atoms with van der Waals surface area (Å²) in [7, 11) is 0. The number of imidazole rings is 1. The molecular weight excluding hydrogens is 443 g/mol. The van der Waals surface area contributed by atoms with E-state index in [0.29, 0.717) is 44.7 Å². The summed E-state index contributed by atoms with van der Waals surface area (Å²) in [5, 5.41) is 14.8. The number of morpholine rings is 1. The van der Waals surface area contributed by atoms with Gasteiger partial charge < -0.3 is 18.9 Å². The van der Waals surface area contributed by atoms with Gasteiger partial charge in [0.1, 0.15) is 28.8 Å². The van der Waals surface area contributed by atoms with Crippen molar-refractivity contribution in [2.24, 2.45) is 0 Å². The largest absolute Gasteiger partial charge is 0.382 e. The van der Waals surface area contributed by atoms with Gasteiger partial charge in [0.05, 0.1) is 18.7 Å². The molecule has 3 aromatic heterocycles. The third kappa shape index (κ3) is 3.42. The Hall–Kier alpha value is -3.15. The predicted octanol–water partition coefficient (Wildman–Crippen LogP) is 1.93. The third-order valence-electron chi connectivity index (χ3n) is 6.93. The Morgan fingerprint density at radius 2 is 1.91 bits per heavy atom. The molecule has 0 atom stereocenters. The van der Waals surface area contributed by atoms with Crippen LogP contribution in [0.15, 0.2) is 33.8 Å². The minimum absolute atomic E-state index is 0.0606. The molecule has 1 aliphatic heterocycles. The van der Waals surface area contributed by atoms with Crippen LogP contribution in [0.2, 0.25) is 0 Å². The number of fused-ring (bicyclic) bond motifs is 3. The molecule has 0 spiro atoms. The molecule has 0 bridgehead atoms. The Morgan fingerprint density at radius 1 is 1.12 bits per heavy atom. The summed E-state index contributed by atoms with van der Waals surface area (Å²) in [6, 6.07) is 4.71. The summed E-state index contributed by atoms with van der Waals surface area (Å²) in [5.74, 6) is -0.205. The van der Waals surface area contributed by atoms with Crippen LogP contribution in [0.4, 0.5) is 4.39 Å². The first kappa shape index (κ1) is 21.4. The summed E-state index contributed by atoms with van der Waals surface area (Å²) in [5.41, 5.74) is -0.318. The Labute approximate surface area is 193 Å². The fourth-order valence-corrected chi connectivity index (χ4v) is 5.06. The molecule has 1 aromatic carbocycles. The SMILES string of the molecule is O=c1c2c(-c3nc(C4(O)CCCC4)no3)ncn2c2cccc(F)c2n1CCN1CCOCC1. The quantitative estimate of drug-likeness (QED) is 0.473. The Bertz CT molecular complexity index is 1410. The number of ether oxygens (including phenoxy) is 1. The second-order valence-corrected chi connectivity index (χ2v) is 8.99. The molecule has 34 heavy (non-hydrogen) atoms.